The average Bonchev–Trinajstić information content (AvgIpc) is 3.46. The van der Waals surface area contributed by atoms with Gasteiger partial charge in [0, 0.05) is 37.8 Å². The van der Waals surface area contributed by atoms with E-state index < -0.39 is 0 Å². The van der Waals surface area contributed by atoms with Crippen molar-refractivity contribution < 1.29 is 13.9 Å². The number of hydrogen-bond acceptors (Lipinski definition) is 6. The summed E-state index contributed by atoms with van der Waals surface area (Å²) in [6.07, 6.45) is 1.70. The number of ether oxygens (including phenoxy) is 1. The van der Waals surface area contributed by atoms with Gasteiger partial charge in [0.2, 0.25) is 0 Å². The van der Waals surface area contributed by atoms with Gasteiger partial charge in [0.15, 0.2) is 0 Å². The minimum atomic E-state index is -0.326. The number of fused-ring (bicyclic) bond motifs is 4. The molecule has 1 saturated heterocycles. The molecule has 0 aliphatic carbocycles. The standard InChI is InChI=1S/C26H20FN5O2/c27-17-5-3-16(4-6-17)15-34-25-18-7-8-20(31-12-9-29-10-13-31)19(14-28)23(18)30-24-21-2-1-11-32(21)26(33)22(24)25/h1-8,11,29H,9-10,12-13,15H2. The van der Waals surface area contributed by atoms with Crippen molar-refractivity contribution in [3.05, 3.63) is 77.2 Å². The fourth-order valence-corrected chi connectivity index (χ4v) is 4.71. The topological polar surface area (TPSA) is 83.2 Å². The predicted molar refractivity (Wildman–Crippen MR) is 125 cm³/mol. The summed E-state index contributed by atoms with van der Waals surface area (Å²) in [5.41, 5.74) is 4.12. The monoisotopic (exact) mass is 453 g/mol. The van der Waals surface area contributed by atoms with E-state index in [0.29, 0.717) is 39.2 Å². The molecule has 0 atom stereocenters. The zero-order chi connectivity index (χ0) is 23.2. The van der Waals surface area contributed by atoms with Crippen molar-refractivity contribution in [1.82, 2.24) is 14.9 Å². The van der Waals surface area contributed by atoms with Crippen LogP contribution in [-0.4, -0.2) is 41.6 Å². The van der Waals surface area contributed by atoms with Crippen molar-refractivity contribution in [2.45, 2.75) is 6.61 Å². The first-order valence-corrected chi connectivity index (χ1v) is 11.1. The van der Waals surface area contributed by atoms with E-state index in [4.69, 9.17) is 9.72 Å². The summed E-state index contributed by atoms with van der Waals surface area (Å²) in [7, 11) is 0. The van der Waals surface area contributed by atoms with Gasteiger partial charge in [-0.05, 0) is 42.0 Å². The minimum Gasteiger partial charge on any atom is -0.487 e. The molecule has 2 aliphatic heterocycles. The van der Waals surface area contributed by atoms with Gasteiger partial charge in [0.05, 0.1) is 16.9 Å². The molecule has 4 heterocycles. The Bertz CT molecular complexity index is 1480. The lowest BCUT2D eigenvalue weighted by atomic mass is 10.0. The second-order valence-electron chi connectivity index (χ2n) is 8.35. The van der Waals surface area contributed by atoms with Crippen molar-refractivity contribution >= 4 is 22.5 Å². The summed E-state index contributed by atoms with van der Waals surface area (Å²) in [6, 6.07) is 15.8. The highest BCUT2D eigenvalue weighted by Gasteiger charge is 2.34. The molecule has 0 amide bonds. The zero-order valence-corrected chi connectivity index (χ0v) is 18.2. The van der Waals surface area contributed by atoms with Gasteiger partial charge < -0.3 is 15.0 Å². The largest absolute Gasteiger partial charge is 0.487 e. The lowest BCUT2D eigenvalue weighted by Crippen LogP contribution is -2.43. The molecular formula is C26H20FN5O2. The van der Waals surface area contributed by atoms with Gasteiger partial charge in [-0.2, -0.15) is 5.26 Å². The van der Waals surface area contributed by atoms with E-state index in [-0.39, 0.29) is 18.3 Å². The molecule has 4 aromatic rings. The number of nitrogens with one attached hydrogen (secondary N) is 1. The quantitative estimate of drug-likeness (QED) is 0.447. The first kappa shape index (κ1) is 20.4. The number of nitriles is 1. The number of piperazine rings is 1. The van der Waals surface area contributed by atoms with Crippen molar-refractivity contribution in [2.75, 3.05) is 31.1 Å². The Kier molecular flexibility index (Phi) is 4.78. The molecule has 1 N–H and O–H groups in total. The van der Waals surface area contributed by atoms with Gasteiger partial charge in [-0.15, -0.1) is 0 Å². The maximum Gasteiger partial charge on any atom is 0.268 e. The van der Waals surface area contributed by atoms with Crippen molar-refractivity contribution in [2.24, 2.45) is 0 Å². The smallest absolute Gasteiger partial charge is 0.268 e. The van der Waals surface area contributed by atoms with Crippen LogP contribution in [0.3, 0.4) is 0 Å². The molecule has 0 unspecified atom stereocenters. The van der Waals surface area contributed by atoms with E-state index in [1.54, 1.807) is 29.0 Å². The SMILES string of the molecule is N#Cc1c(N2CCNCC2)ccc2c(OCc3ccc(F)cc3)c3c(nc12)-c1cccn1C3=O. The van der Waals surface area contributed by atoms with Gasteiger partial charge in [-0.3, -0.25) is 9.36 Å². The number of nitrogens with zero attached hydrogens (tertiary/aromatic N) is 4. The number of anilines is 1. The Morgan fingerprint density at radius 3 is 2.68 bits per heavy atom. The number of carbonyl (C=O) groups is 1. The van der Waals surface area contributed by atoms with Crippen LogP contribution < -0.4 is 15.0 Å². The van der Waals surface area contributed by atoms with Gasteiger partial charge in [0.25, 0.3) is 5.91 Å². The van der Waals surface area contributed by atoms with E-state index in [1.807, 2.05) is 18.2 Å². The van der Waals surface area contributed by atoms with Gasteiger partial charge in [-0.25, -0.2) is 9.37 Å². The molecule has 7 nitrogen and oxygen atoms in total. The first-order valence-electron chi connectivity index (χ1n) is 11.1. The van der Waals surface area contributed by atoms with Crippen LogP contribution in [0.1, 0.15) is 21.5 Å². The Labute approximate surface area is 195 Å². The third-order valence-electron chi connectivity index (χ3n) is 6.38. The Morgan fingerprint density at radius 1 is 1.12 bits per heavy atom. The number of rotatable bonds is 4. The molecule has 6 rings (SSSR count). The number of hydrogen-bond donors (Lipinski definition) is 1. The summed E-state index contributed by atoms with van der Waals surface area (Å²) in [4.78, 5) is 20.3. The lowest BCUT2D eigenvalue weighted by molar-refractivity contribution is 0.0965. The molecule has 0 bridgehead atoms. The second kappa shape index (κ2) is 7.97. The minimum absolute atomic E-state index is 0.148. The number of aromatic nitrogens is 2. The Hall–Kier alpha value is -4.22. The molecular weight excluding hydrogens is 433 g/mol. The molecule has 34 heavy (non-hydrogen) atoms. The highest BCUT2D eigenvalue weighted by atomic mass is 19.1. The van der Waals surface area contributed by atoms with Gasteiger partial charge in [0.1, 0.15) is 41.1 Å². The van der Waals surface area contributed by atoms with Gasteiger partial charge >= 0.3 is 0 Å². The third kappa shape index (κ3) is 3.13. The average molecular weight is 453 g/mol. The van der Waals surface area contributed by atoms with E-state index in [2.05, 4.69) is 16.3 Å². The summed E-state index contributed by atoms with van der Waals surface area (Å²) in [5.74, 6) is -0.155. The van der Waals surface area contributed by atoms with Crippen molar-refractivity contribution in [1.29, 1.82) is 5.26 Å². The van der Waals surface area contributed by atoms with E-state index in [1.165, 1.54) is 12.1 Å². The highest BCUT2D eigenvalue weighted by molar-refractivity contribution is 6.14. The summed E-state index contributed by atoms with van der Waals surface area (Å²) >= 11 is 0. The molecule has 2 aliphatic rings. The zero-order valence-electron chi connectivity index (χ0n) is 18.2. The van der Waals surface area contributed by atoms with Crippen molar-refractivity contribution in [3.8, 4) is 23.2 Å². The van der Waals surface area contributed by atoms with E-state index >= 15 is 0 Å². The lowest BCUT2D eigenvalue weighted by Gasteiger charge is -2.30. The number of halogens is 1. The number of carbonyl (C=O) groups excluding carboxylic acids is 1. The maximum atomic E-state index is 13.3. The van der Waals surface area contributed by atoms with Crippen LogP contribution in [0, 0.1) is 17.1 Å². The molecule has 2 aromatic carbocycles. The highest BCUT2D eigenvalue weighted by Crippen LogP contribution is 2.43. The summed E-state index contributed by atoms with van der Waals surface area (Å²) in [5, 5.41) is 14.1. The molecule has 8 heteroatoms. The molecule has 0 saturated carbocycles. The van der Waals surface area contributed by atoms with Crippen LogP contribution in [0.15, 0.2) is 54.7 Å². The molecule has 0 radical (unpaired) electrons. The number of benzene rings is 2. The Balaban J connectivity index is 1.54. The summed E-state index contributed by atoms with van der Waals surface area (Å²) < 4.78 is 21.1. The molecule has 168 valence electrons. The second-order valence-corrected chi connectivity index (χ2v) is 8.35. The fraction of sp³-hybridized carbons (Fsp3) is 0.192. The molecule has 2 aromatic heterocycles. The third-order valence-corrected chi connectivity index (χ3v) is 6.38. The summed E-state index contributed by atoms with van der Waals surface area (Å²) in [6.45, 7) is 3.42. The fourth-order valence-electron chi connectivity index (χ4n) is 4.71. The van der Waals surface area contributed by atoms with Crippen LogP contribution in [0.2, 0.25) is 0 Å². The van der Waals surface area contributed by atoms with Crippen LogP contribution in [0.5, 0.6) is 5.75 Å². The van der Waals surface area contributed by atoms with Crippen LogP contribution in [0.25, 0.3) is 22.3 Å². The van der Waals surface area contributed by atoms with Crippen molar-refractivity contribution in [3.63, 3.8) is 0 Å². The van der Waals surface area contributed by atoms with Crippen LogP contribution in [0.4, 0.5) is 10.1 Å². The van der Waals surface area contributed by atoms with E-state index in [9.17, 15) is 14.4 Å². The predicted octanol–water partition coefficient (Wildman–Crippen LogP) is 3.70. The van der Waals surface area contributed by atoms with E-state index in [0.717, 1.165) is 37.4 Å². The first-order chi connectivity index (χ1) is 16.7. The van der Waals surface area contributed by atoms with Gasteiger partial charge in [-0.1, -0.05) is 12.1 Å². The Morgan fingerprint density at radius 2 is 1.91 bits per heavy atom. The normalized spacial score (nSPS) is 14.7. The molecule has 1 fully saturated rings. The maximum absolute atomic E-state index is 13.3. The van der Waals surface area contributed by atoms with Crippen LogP contribution in [-0.2, 0) is 6.61 Å². The van der Waals surface area contributed by atoms with Crippen LogP contribution >= 0.6 is 0 Å². The molecule has 0 spiro atoms. The number of pyridine rings is 1.